The second-order valence-electron chi connectivity index (χ2n) is 9.79. The van der Waals surface area contributed by atoms with Gasteiger partial charge >= 0.3 is 0 Å². The van der Waals surface area contributed by atoms with Crippen LogP contribution in [-0.4, -0.2) is 11.8 Å². The van der Waals surface area contributed by atoms with Crippen molar-refractivity contribution in [3.63, 3.8) is 0 Å². The van der Waals surface area contributed by atoms with Gasteiger partial charge in [0, 0.05) is 34.3 Å². The Kier molecular flexibility index (Phi) is 5.86. The second-order valence-corrected chi connectivity index (χ2v) is 9.79. The zero-order chi connectivity index (χ0) is 24.5. The summed E-state index contributed by atoms with van der Waals surface area (Å²) in [5.74, 6) is 0.616. The fourth-order valence-electron chi connectivity index (χ4n) is 5.21. The second kappa shape index (κ2) is 9.46. The molecule has 4 nitrogen and oxygen atoms in total. The van der Waals surface area contributed by atoms with Gasteiger partial charge in [0.2, 0.25) is 11.8 Å². The number of hydrogen-bond acceptors (Lipinski definition) is 2. The summed E-state index contributed by atoms with van der Waals surface area (Å²) < 4.78 is 0. The Morgan fingerprint density at radius 3 is 1.28 bits per heavy atom. The van der Waals surface area contributed by atoms with E-state index in [1.54, 1.807) is 0 Å². The molecule has 36 heavy (non-hydrogen) atoms. The molecule has 4 atom stereocenters. The number of para-hydroxylation sites is 2. The van der Waals surface area contributed by atoms with Crippen LogP contribution >= 0.6 is 0 Å². The largest absolute Gasteiger partial charge is 0.325 e. The Balaban J connectivity index is 1.18. The van der Waals surface area contributed by atoms with Crippen molar-refractivity contribution in [2.24, 2.45) is 11.8 Å². The fourth-order valence-corrected chi connectivity index (χ4v) is 5.21. The molecule has 2 saturated carbocycles. The molecule has 0 bridgehead atoms. The van der Waals surface area contributed by atoms with Gasteiger partial charge in [0.05, 0.1) is 0 Å². The molecule has 4 unspecified atom stereocenters. The van der Waals surface area contributed by atoms with Gasteiger partial charge in [0.15, 0.2) is 0 Å². The topological polar surface area (TPSA) is 58.2 Å². The number of carbonyl (C=O) groups is 2. The highest BCUT2D eigenvalue weighted by Gasteiger charge is 2.45. The molecule has 2 amide bonds. The Bertz CT molecular complexity index is 1290. The number of hydrogen-bond donors (Lipinski definition) is 2. The van der Waals surface area contributed by atoms with Gasteiger partial charge in [-0.25, -0.2) is 0 Å². The van der Waals surface area contributed by atoms with Crippen molar-refractivity contribution in [1.29, 1.82) is 0 Å². The van der Waals surface area contributed by atoms with Crippen molar-refractivity contribution in [2.75, 3.05) is 10.6 Å². The summed E-state index contributed by atoms with van der Waals surface area (Å²) in [4.78, 5) is 26.2. The predicted octanol–water partition coefficient (Wildman–Crippen LogP) is 6.84. The molecule has 2 aliphatic rings. The predicted molar refractivity (Wildman–Crippen MR) is 144 cm³/mol. The summed E-state index contributed by atoms with van der Waals surface area (Å²) in [5.41, 5.74) is 5.75. The van der Waals surface area contributed by atoms with Crippen LogP contribution in [0.1, 0.15) is 35.8 Å². The number of anilines is 2. The standard InChI is InChI=1S/C32H28N2O2/c35-31(27-19-25(27)21-11-3-1-4-12-21)33-29-17-9-7-15-23(29)24-16-8-10-18-30(24)34-32(36)28-20-26(28)22-13-5-2-6-14-22/h1-18,25-28H,19-20H2,(H,33,35)(H,34,36). The molecule has 2 aliphatic carbocycles. The molecule has 0 saturated heterocycles. The summed E-state index contributed by atoms with van der Waals surface area (Å²) >= 11 is 0. The summed E-state index contributed by atoms with van der Waals surface area (Å²) in [7, 11) is 0. The van der Waals surface area contributed by atoms with Gasteiger partial charge in [0.1, 0.15) is 0 Å². The summed E-state index contributed by atoms with van der Waals surface area (Å²) in [6.07, 6.45) is 1.74. The van der Waals surface area contributed by atoms with Crippen molar-refractivity contribution in [3.8, 4) is 11.1 Å². The zero-order valence-electron chi connectivity index (χ0n) is 19.9. The van der Waals surface area contributed by atoms with Crippen molar-refractivity contribution < 1.29 is 9.59 Å². The summed E-state index contributed by atoms with van der Waals surface area (Å²) in [6, 6.07) is 36.1. The van der Waals surface area contributed by atoms with E-state index in [-0.39, 0.29) is 35.5 Å². The molecule has 0 heterocycles. The van der Waals surface area contributed by atoms with Crippen molar-refractivity contribution in [2.45, 2.75) is 24.7 Å². The molecule has 4 aromatic rings. The van der Waals surface area contributed by atoms with Crippen LogP contribution in [0.5, 0.6) is 0 Å². The fraction of sp³-hybridized carbons (Fsp3) is 0.188. The van der Waals surface area contributed by atoms with E-state index >= 15 is 0 Å². The summed E-state index contributed by atoms with van der Waals surface area (Å²) in [5, 5.41) is 6.33. The van der Waals surface area contributed by atoms with Crippen LogP contribution in [0.25, 0.3) is 11.1 Å². The van der Waals surface area contributed by atoms with Crippen LogP contribution in [-0.2, 0) is 9.59 Å². The monoisotopic (exact) mass is 472 g/mol. The molecule has 0 spiro atoms. The number of amides is 2. The molecule has 178 valence electrons. The molecular weight excluding hydrogens is 444 g/mol. The smallest absolute Gasteiger partial charge is 0.228 e. The minimum absolute atomic E-state index is 0.0137. The van der Waals surface area contributed by atoms with Gasteiger partial charge in [-0.2, -0.15) is 0 Å². The van der Waals surface area contributed by atoms with Gasteiger partial charge in [0.25, 0.3) is 0 Å². The third-order valence-corrected chi connectivity index (χ3v) is 7.37. The van der Waals surface area contributed by atoms with E-state index in [0.717, 1.165) is 35.3 Å². The van der Waals surface area contributed by atoms with E-state index in [1.165, 1.54) is 11.1 Å². The first kappa shape index (κ1) is 22.3. The zero-order valence-corrected chi connectivity index (χ0v) is 19.9. The third-order valence-electron chi connectivity index (χ3n) is 7.37. The number of benzene rings is 4. The van der Waals surface area contributed by atoms with Gasteiger partial charge in [-0.3, -0.25) is 9.59 Å². The van der Waals surface area contributed by atoms with Crippen LogP contribution in [0.3, 0.4) is 0 Å². The van der Waals surface area contributed by atoms with Crippen LogP contribution in [0, 0.1) is 11.8 Å². The molecule has 4 heteroatoms. The molecule has 0 aliphatic heterocycles. The van der Waals surface area contributed by atoms with Gasteiger partial charge < -0.3 is 10.6 Å². The quantitative estimate of drug-likeness (QED) is 0.309. The molecule has 4 aromatic carbocycles. The SMILES string of the molecule is O=C(Nc1ccccc1-c1ccccc1NC(=O)C1CC1c1ccccc1)C1CC1c1ccccc1. The molecule has 2 fully saturated rings. The van der Waals surface area contributed by atoms with Crippen molar-refractivity contribution in [1.82, 2.24) is 0 Å². The Morgan fingerprint density at radius 2 is 0.861 bits per heavy atom. The van der Waals surface area contributed by atoms with E-state index in [9.17, 15) is 9.59 Å². The summed E-state index contributed by atoms with van der Waals surface area (Å²) in [6.45, 7) is 0. The van der Waals surface area contributed by atoms with Crippen LogP contribution < -0.4 is 10.6 Å². The molecular formula is C32H28N2O2. The normalized spacial score (nSPS) is 21.9. The van der Waals surface area contributed by atoms with Crippen LogP contribution in [0.2, 0.25) is 0 Å². The van der Waals surface area contributed by atoms with E-state index in [1.807, 2.05) is 84.9 Å². The van der Waals surface area contributed by atoms with E-state index in [0.29, 0.717) is 0 Å². The highest BCUT2D eigenvalue weighted by Crippen LogP contribution is 2.49. The molecule has 0 aromatic heterocycles. The molecule has 2 N–H and O–H groups in total. The first-order valence-electron chi connectivity index (χ1n) is 12.6. The number of rotatable bonds is 7. The highest BCUT2D eigenvalue weighted by atomic mass is 16.2. The average Bonchev–Trinajstić information content (AvgIpc) is 3.84. The van der Waals surface area contributed by atoms with E-state index < -0.39 is 0 Å². The lowest BCUT2D eigenvalue weighted by atomic mass is 10.0. The Morgan fingerprint density at radius 1 is 0.500 bits per heavy atom. The Hall–Kier alpha value is -4.18. The van der Waals surface area contributed by atoms with E-state index in [2.05, 4.69) is 34.9 Å². The lowest BCUT2D eigenvalue weighted by Gasteiger charge is -2.15. The maximum absolute atomic E-state index is 13.1. The van der Waals surface area contributed by atoms with Gasteiger partial charge in [-0.15, -0.1) is 0 Å². The molecule has 0 radical (unpaired) electrons. The lowest BCUT2D eigenvalue weighted by molar-refractivity contribution is -0.118. The maximum atomic E-state index is 13.1. The highest BCUT2D eigenvalue weighted by molar-refractivity contribution is 6.03. The first-order valence-corrected chi connectivity index (χ1v) is 12.6. The van der Waals surface area contributed by atoms with Gasteiger partial charge in [-0.1, -0.05) is 97.1 Å². The molecule has 6 rings (SSSR count). The van der Waals surface area contributed by atoms with E-state index in [4.69, 9.17) is 0 Å². The Labute approximate surface area is 211 Å². The lowest BCUT2D eigenvalue weighted by Crippen LogP contribution is -2.16. The number of carbonyl (C=O) groups excluding carboxylic acids is 2. The van der Waals surface area contributed by atoms with Gasteiger partial charge in [-0.05, 0) is 47.9 Å². The minimum atomic E-state index is -0.0137. The van der Waals surface area contributed by atoms with Crippen molar-refractivity contribution in [3.05, 3.63) is 120 Å². The number of nitrogens with one attached hydrogen (secondary N) is 2. The van der Waals surface area contributed by atoms with Crippen LogP contribution in [0.15, 0.2) is 109 Å². The van der Waals surface area contributed by atoms with Crippen LogP contribution in [0.4, 0.5) is 11.4 Å². The first-order chi connectivity index (χ1) is 17.7. The maximum Gasteiger partial charge on any atom is 0.228 e. The average molecular weight is 473 g/mol. The minimum Gasteiger partial charge on any atom is -0.325 e. The third kappa shape index (κ3) is 4.55. The van der Waals surface area contributed by atoms with Crippen molar-refractivity contribution >= 4 is 23.2 Å².